The maximum absolute atomic E-state index is 14.0. The van der Waals surface area contributed by atoms with E-state index in [0.717, 1.165) is 37.7 Å². The summed E-state index contributed by atoms with van der Waals surface area (Å²) in [6.45, 7) is 6.80. The van der Waals surface area contributed by atoms with E-state index in [2.05, 4.69) is 14.8 Å². The summed E-state index contributed by atoms with van der Waals surface area (Å²) in [7, 11) is 0. The minimum atomic E-state index is -0.198. The molecule has 4 rings (SSSR count). The van der Waals surface area contributed by atoms with Crippen molar-refractivity contribution in [2.75, 3.05) is 68.7 Å². The number of hydrogen-bond acceptors (Lipinski definition) is 6. The Morgan fingerprint density at radius 3 is 2.54 bits per heavy atom. The van der Waals surface area contributed by atoms with Crippen molar-refractivity contribution >= 4 is 28.1 Å². The minimum absolute atomic E-state index is 0.177. The number of benzene rings is 1. The molecule has 0 atom stereocenters. The lowest BCUT2D eigenvalue weighted by molar-refractivity contribution is -0.132. The van der Waals surface area contributed by atoms with Gasteiger partial charge in [0.05, 0.1) is 12.2 Å². The van der Waals surface area contributed by atoms with E-state index >= 15 is 0 Å². The van der Waals surface area contributed by atoms with Crippen LogP contribution in [-0.2, 0) is 4.79 Å². The van der Waals surface area contributed by atoms with E-state index in [9.17, 15) is 9.18 Å². The van der Waals surface area contributed by atoms with Crippen LogP contribution in [0, 0.1) is 5.82 Å². The number of para-hydroxylation sites is 1. The maximum Gasteiger partial charge on any atom is 0.236 e. The van der Waals surface area contributed by atoms with Gasteiger partial charge >= 0.3 is 0 Å². The fourth-order valence-corrected chi connectivity index (χ4v) is 4.59. The predicted molar refractivity (Wildman–Crippen MR) is 111 cm³/mol. The number of carbonyl (C=O) groups is 1. The Morgan fingerprint density at radius 2 is 1.79 bits per heavy atom. The van der Waals surface area contributed by atoms with Gasteiger partial charge in [0, 0.05) is 63.9 Å². The highest BCUT2D eigenvalue weighted by Gasteiger charge is 2.25. The second-order valence-corrected chi connectivity index (χ2v) is 8.12. The number of nitrogens with zero attached hydrogens (tertiary/aromatic N) is 5. The quantitative estimate of drug-likeness (QED) is 0.783. The van der Waals surface area contributed by atoms with Gasteiger partial charge in [-0.2, -0.15) is 0 Å². The maximum atomic E-state index is 14.0. The Hall–Kier alpha value is -2.19. The van der Waals surface area contributed by atoms with E-state index in [1.807, 2.05) is 27.4 Å². The van der Waals surface area contributed by atoms with Gasteiger partial charge in [0.2, 0.25) is 5.91 Å². The van der Waals surface area contributed by atoms with Crippen LogP contribution < -0.4 is 9.80 Å². The fraction of sp³-hybridized carbons (Fsp3) is 0.500. The first-order valence-electron chi connectivity index (χ1n) is 9.85. The summed E-state index contributed by atoms with van der Waals surface area (Å²) in [5.41, 5.74) is 0.629. The van der Waals surface area contributed by atoms with Gasteiger partial charge in [-0.3, -0.25) is 9.69 Å². The van der Waals surface area contributed by atoms with Crippen LogP contribution in [0.1, 0.15) is 6.42 Å². The number of halogens is 1. The van der Waals surface area contributed by atoms with Gasteiger partial charge < -0.3 is 14.7 Å². The molecule has 0 radical (unpaired) electrons. The van der Waals surface area contributed by atoms with E-state index in [0.29, 0.717) is 38.4 Å². The molecule has 0 N–H and O–H groups in total. The summed E-state index contributed by atoms with van der Waals surface area (Å²) in [6.07, 6.45) is 2.88. The van der Waals surface area contributed by atoms with Crippen LogP contribution in [0.3, 0.4) is 0 Å². The van der Waals surface area contributed by atoms with Crippen LogP contribution in [0.25, 0.3) is 0 Å². The molecule has 3 heterocycles. The summed E-state index contributed by atoms with van der Waals surface area (Å²) in [6, 6.07) is 6.85. The highest BCUT2D eigenvalue weighted by Crippen LogP contribution is 2.21. The van der Waals surface area contributed by atoms with E-state index in [1.54, 1.807) is 23.5 Å². The fourth-order valence-electron chi connectivity index (χ4n) is 3.89. The van der Waals surface area contributed by atoms with E-state index in [4.69, 9.17) is 0 Å². The molecule has 150 valence electrons. The molecule has 0 saturated carbocycles. The summed E-state index contributed by atoms with van der Waals surface area (Å²) in [5.74, 6) is -0.0208. The molecular formula is C20H26FN5OS. The number of carbonyl (C=O) groups excluding carboxylic acids is 1. The predicted octanol–water partition coefficient (Wildman–Crippen LogP) is 2.14. The average molecular weight is 404 g/mol. The van der Waals surface area contributed by atoms with Gasteiger partial charge in [0.25, 0.3) is 0 Å². The number of thiazole rings is 1. The normalized spacial score (nSPS) is 19.0. The number of anilines is 2. The van der Waals surface area contributed by atoms with Crippen molar-refractivity contribution < 1.29 is 9.18 Å². The van der Waals surface area contributed by atoms with Gasteiger partial charge in [0.1, 0.15) is 5.82 Å². The Morgan fingerprint density at radius 1 is 1.00 bits per heavy atom. The van der Waals surface area contributed by atoms with Gasteiger partial charge in [-0.15, -0.1) is 11.3 Å². The molecule has 1 aromatic heterocycles. The molecule has 0 bridgehead atoms. The Balaban J connectivity index is 1.26. The van der Waals surface area contributed by atoms with Gasteiger partial charge in [-0.1, -0.05) is 12.1 Å². The molecule has 0 aliphatic carbocycles. The molecule has 2 aromatic rings. The van der Waals surface area contributed by atoms with Crippen molar-refractivity contribution in [3.8, 4) is 0 Å². The Kier molecular flexibility index (Phi) is 6.07. The number of hydrogen-bond donors (Lipinski definition) is 0. The number of amides is 1. The SMILES string of the molecule is O=C(CN1CCCN(c2nccs2)CC1)N1CCN(c2ccccc2F)CC1. The first kappa shape index (κ1) is 19.1. The molecule has 2 fully saturated rings. The smallest absolute Gasteiger partial charge is 0.236 e. The molecule has 28 heavy (non-hydrogen) atoms. The summed E-state index contributed by atoms with van der Waals surface area (Å²) < 4.78 is 14.0. The van der Waals surface area contributed by atoms with Crippen LogP contribution in [-0.4, -0.2) is 79.6 Å². The van der Waals surface area contributed by atoms with Crippen LogP contribution >= 0.6 is 11.3 Å². The monoisotopic (exact) mass is 403 g/mol. The number of piperazine rings is 1. The molecule has 2 saturated heterocycles. The molecule has 2 aliphatic rings. The molecule has 6 nitrogen and oxygen atoms in total. The lowest BCUT2D eigenvalue weighted by atomic mass is 10.2. The molecule has 1 amide bonds. The third-order valence-electron chi connectivity index (χ3n) is 5.46. The first-order valence-corrected chi connectivity index (χ1v) is 10.7. The third kappa shape index (κ3) is 4.44. The Labute approximate surface area is 169 Å². The summed E-state index contributed by atoms with van der Waals surface area (Å²) in [4.78, 5) is 25.7. The van der Waals surface area contributed by atoms with Gasteiger partial charge in [0.15, 0.2) is 5.13 Å². The molecule has 1 aromatic carbocycles. The van der Waals surface area contributed by atoms with Crippen LogP contribution in [0.5, 0.6) is 0 Å². The van der Waals surface area contributed by atoms with E-state index in [1.165, 1.54) is 6.07 Å². The summed E-state index contributed by atoms with van der Waals surface area (Å²) in [5, 5.41) is 3.07. The summed E-state index contributed by atoms with van der Waals surface area (Å²) >= 11 is 1.67. The average Bonchev–Trinajstić information content (AvgIpc) is 3.16. The van der Waals surface area contributed by atoms with Crippen LogP contribution in [0.4, 0.5) is 15.2 Å². The van der Waals surface area contributed by atoms with Crippen LogP contribution in [0.2, 0.25) is 0 Å². The second kappa shape index (κ2) is 8.87. The number of aromatic nitrogens is 1. The first-order chi connectivity index (χ1) is 13.7. The minimum Gasteiger partial charge on any atom is -0.366 e. The van der Waals surface area contributed by atoms with Crippen molar-refractivity contribution in [2.45, 2.75) is 6.42 Å². The molecule has 0 unspecified atom stereocenters. The van der Waals surface area contributed by atoms with Crippen LogP contribution in [0.15, 0.2) is 35.8 Å². The van der Waals surface area contributed by atoms with Gasteiger partial charge in [-0.25, -0.2) is 9.37 Å². The van der Waals surface area contributed by atoms with Crippen molar-refractivity contribution in [1.29, 1.82) is 0 Å². The third-order valence-corrected chi connectivity index (χ3v) is 6.29. The molecule has 8 heteroatoms. The lowest BCUT2D eigenvalue weighted by Gasteiger charge is -2.37. The van der Waals surface area contributed by atoms with Crippen molar-refractivity contribution in [3.63, 3.8) is 0 Å². The largest absolute Gasteiger partial charge is 0.366 e. The Bertz CT molecular complexity index is 779. The standard InChI is InChI=1S/C20H26FN5OS/c21-17-4-1-2-5-18(17)24-11-13-25(14-12-24)19(27)16-23-7-3-8-26(10-9-23)20-22-6-15-28-20/h1-2,4-6,15H,3,7-14,16H2. The van der Waals surface area contributed by atoms with Crippen molar-refractivity contribution in [2.24, 2.45) is 0 Å². The van der Waals surface area contributed by atoms with Crippen molar-refractivity contribution in [1.82, 2.24) is 14.8 Å². The van der Waals surface area contributed by atoms with Crippen molar-refractivity contribution in [3.05, 3.63) is 41.7 Å². The zero-order valence-electron chi connectivity index (χ0n) is 16.0. The molecule has 0 spiro atoms. The lowest BCUT2D eigenvalue weighted by Crippen LogP contribution is -2.51. The van der Waals surface area contributed by atoms with E-state index < -0.39 is 0 Å². The molecular weight excluding hydrogens is 377 g/mol. The highest BCUT2D eigenvalue weighted by molar-refractivity contribution is 7.13. The molecule has 2 aliphatic heterocycles. The van der Waals surface area contributed by atoms with Gasteiger partial charge in [-0.05, 0) is 18.6 Å². The highest BCUT2D eigenvalue weighted by atomic mass is 32.1. The zero-order valence-corrected chi connectivity index (χ0v) is 16.8. The topological polar surface area (TPSA) is 42.9 Å². The zero-order chi connectivity index (χ0) is 19.3. The number of rotatable bonds is 4. The van der Waals surface area contributed by atoms with E-state index in [-0.39, 0.29) is 11.7 Å². The second-order valence-electron chi connectivity index (χ2n) is 7.25.